The molecule has 0 bridgehead atoms. The van der Waals surface area contributed by atoms with E-state index in [4.69, 9.17) is 4.74 Å². The molecule has 1 aromatic carbocycles. The second kappa shape index (κ2) is 4.92. The van der Waals surface area contributed by atoms with Crippen LogP contribution in [0.4, 0.5) is 0 Å². The van der Waals surface area contributed by atoms with Crippen molar-refractivity contribution in [1.29, 1.82) is 0 Å². The molecule has 0 N–H and O–H groups in total. The Hall–Kier alpha value is -0.960. The highest BCUT2D eigenvalue weighted by atomic mass is 32.2. The highest BCUT2D eigenvalue weighted by Crippen LogP contribution is 2.21. The zero-order valence-corrected chi connectivity index (χ0v) is 8.56. The van der Waals surface area contributed by atoms with Crippen LogP contribution < -0.4 is 4.74 Å². The number of hydrogen-bond donors (Lipinski definition) is 0. The zero-order valence-electron chi connectivity index (χ0n) is 7.74. The number of carbonyl (C=O) groups is 1. The van der Waals surface area contributed by atoms with Gasteiger partial charge in [0.05, 0.1) is 6.61 Å². The van der Waals surface area contributed by atoms with Crippen molar-refractivity contribution >= 4 is 16.9 Å². The summed E-state index contributed by atoms with van der Waals surface area (Å²) in [5, 5.41) is 0.101. The molecule has 2 nitrogen and oxygen atoms in total. The topological polar surface area (TPSA) is 26.3 Å². The van der Waals surface area contributed by atoms with Gasteiger partial charge in [-0.2, -0.15) is 0 Å². The van der Waals surface area contributed by atoms with Gasteiger partial charge in [0.25, 0.3) is 0 Å². The van der Waals surface area contributed by atoms with E-state index in [1.54, 1.807) is 6.92 Å². The van der Waals surface area contributed by atoms with Crippen LogP contribution in [-0.2, 0) is 4.79 Å². The predicted molar refractivity (Wildman–Crippen MR) is 54.1 cm³/mol. The highest BCUT2D eigenvalue weighted by Gasteiger charge is 1.98. The van der Waals surface area contributed by atoms with E-state index in [1.165, 1.54) is 11.8 Å². The molecule has 0 aliphatic rings. The van der Waals surface area contributed by atoms with Crippen LogP contribution in [0.1, 0.15) is 13.8 Å². The van der Waals surface area contributed by atoms with E-state index in [0.29, 0.717) is 6.61 Å². The standard InChI is InChI=1S/C10H12O2S/c1-3-12-9-4-6-10(7-5-9)13-8(2)11/h4-7H,3H2,1-2H3. The minimum atomic E-state index is 0.101. The van der Waals surface area contributed by atoms with E-state index in [1.807, 2.05) is 31.2 Å². The Morgan fingerprint density at radius 2 is 2.00 bits per heavy atom. The van der Waals surface area contributed by atoms with Crippen LogP contribution in [0.3, 0.4) is 0 Å². The lowest BCUT2D eigenvalue weighted by Crippen LogP contribution is -1.90. The molecule has 3 heteroatoms. The Labute approximate surface area is 82.3 Å². The van der Waals surface area contributed by atoms with Crippen LogP contribution in [0.25, 0.3) is 0 Å². The summed E-state index contributed by atoms with van der Waals surface area (Å²) >= 11 is 1.23. The monoisotopic (exact) mass is 196 g/mol. The normalized spacial score (nSPS) is 9.69. The van der Waals surface area contributed by atoms with Gasteiger partial charge in [0.15, 0.2) is 5.12 Å². The van der Waals surface area contributed by atoms with E-state index in [2.05, 4.69) is 0 Å². The molecule has 0 unspecified atom stereocenters. The summed E-state index contributed by atoms with van der Waals surface area (Å²) in [6, 6.07) is 7.51. The molecule has 0 radical (unpaired) electrons. The zero-order chi connectivity index (χ0) is 9.68. The fourth-order valence-corrected chi connectivity index (χ4v) is 1.54. The first-order chi connectivity index (χ1) is 6.22. The van der Waals surface area contributed by atoms with E-state index < -0.39 is 0 Å². The summed E-state index contributed by atoms with van der Waals surface area (Å²) in [6.07, 6.45) is 0. The van der Waals surface area contributed by atoms with Crippen molar-refractivity contribution < 1.29 is 9.53 Å². The number of rotatable bonds is 3. The third kappa shape index (κ3) is 3.51. The molecular formula is C10H12O2S. The van der Waals surface area contributed by atoms with Gasteiger partial charge in [0, 0.05) is 11.8 Å². The van der Waals surface area contributed by atoms with Crippen LogP contribution in [0.15, 0.2) is 29.2 Å². The van der Waals surface area contributed by atoms with Gasteiger partial charge in [0.2, 0.25) is 0 Å². The average molecular weight is 196 g/mol. The van der Waals surface area contributed by atoms with Gasteiger partial charge in [-0.1, -0.05) is 11.8 Å². The first-order valence-corrected chi connectivity index (χ1v) is 4.95. The van der Waals surface area contributed by atoms with E-state index >= 15 is 0 Å². The van der Waals surface area contributed by atoms with Crippen molar-refractivity contribution in [3.05, 3.63) is 24.3 Å². The van der Waals surface area contributed by atoms with Crippen molar-refractivity contribution in [2.75, 3.05) is 6.61 Å². The smallest absolute Gasteiger partial charge is 0.190 e. The average Bonchev–Trinajstić information content (AvgIpc) is 2.08. The van der Waals surface area contributed by atoms with Crippen molar-refractivity contribution in [3.63, 3.8) is 0 Å². The molecule has 0 spiro atoms. The summed E-state index contributed by atoms with van der Waals surface area (Å²) in [5.74, 6) is 0.843. The minimum Gasteiger partial charge on any atom is -0.494 e. The van der Waals surface area contributed by atoms with Crippen molar-refractivity contribution in [1.82, 2.24) is 0 Å². The fraction of sp³-hybridized carbons (Fsp3) is 0.300. The van der Waals surface area contributed by atoms with E-state index in [-0.39, 0.29) is 5.12 Å². The van der Waals surface area contributed by atoms with Gasteiger partial charge in [-0.15, -0.1) is 0 Å². The molecule has 0 amide bonds. The van der Waals surface area contributed by atoms with Gasteiger partial charge in [-0.25, -0.2) is 0 Å². The van der Waals surface area contributed by atoms with Gasteiger partial charge < -0.3 is 4.74 Å². The van der Waals surface area contributed by atoms with Crippen LogP contribution in [0.2, 0.25) is 0 Å². The van der Waals surface area contributed by atoms with Crippen LogP contribution in [-0.4, -0.2) is 11.7 Å². The molecule has 0 fully saturated rings. The Morgan fingerprint density at radius 1 is 1.38 bits per heavy atom. The highest BCUT2D eigenvalue weighted by molar-refractivity contribution is 8.13. The van der Waals surface area contributed by atoms with Crippen LogP contribution in [0.5, 0.6) is 5.75 Å². The number of ether oxygens (including phenoxy) is 1. The number of benzene rings is 1. The maximum absolute atomic E-state index is 10.8. The summed E-state index contributed by atoms with van der Waals surface area (Å²) < 4.78 is 5.27. The van der Waals surface area contributed by atoms with Crippen molar-refractivity contribution in [2.45, 2.75) is 18.7 Å². The first kappa shape index (κ1) is 10.1. The maximum atomic E-state index is 10.8. The Bertz CT molecular complexity index is 279. The molecule has 0 saturated heterocycles. The van der Waals surface area contributed by atoms with Crippen LogP contribution in [0, 0.1) is 0 Å². The second-order valence-electron chi connectivity index (χ2n) is 2.50. The Morgan fingerprint density at radius 3 is 2.46 bits per heavy atom. The molecule has 1 aromatic rings. The lowest BCUT2D eigenvalue weighted by atomic mass is 10.3. The number of carbonyl (C=O) groups excluding carboxylic acids is 1. The number of thioether (sulfide) groups is 1. The second-order valence-corrected chi connectivity index (χ2v) is 3.75. The molecule has 0 saturated carbocycles. The van der Waals surface area contributed by atoms with Crippen LogP contribution >= 0.6 is 11.8 Å². The minimum absolute atomic E-state index is 0.101. The van der Waals surface area contributed by atoms with E-state index in [0.717, 1.165) is 10.6 Å². The molecule has 0 aliphatic heterocycles. The SMILES string of the molecule is CCOc1ccc(SC(C)=O)cc1. The lowest BCUT2D eigenvalue weighted by Gasteiger charge is -2.02. The summed E-state index contributed by atoms with van der Waals surface area (Å²) in [5.41, 5.74) is 0. The first-order valence-electron chi connectivity index (χ1n) is 4.13. The summed E-state index contributed by atoms with van der Waals surface area (Å²) in [6.45, 7) is 4.17. The third-order valence-electron chi connectivity index (χ3n) is 1.40. The fourth-order valence-electron chi connectivity index (χ4n) is 0.937. The Balaban J connectivity index is 2.64. The third-order valence-corrected chi connectivity index (χ3v) is 2.19. The van der Waals surface area contributed by atoms with Crippen molar-refractivity contribution in [3.8, 4) is 5.75 Å². The quantitative estimate of drug-likeness (QED) is 0.695. The van der Waals surface area contributed by atoms with E-state index in [9.17, 15) is 4.79 Å². The molecule has 0 heterocycles. The summed E-state index contributed by atoms with van der Waals surface area (Å²) in [4.78, 5) is 11.7. The largest absolute Gasteiger partial charge is 0.494 e. The molecule has 0 atom stereocenters. The molecule has 70 valence electrons. The molecular weight excluding hydrogens is 184 g/mol. The van der Waals surface area contributed by atoms with Gasteiger partial charge in [0.1, 0.15) is 5.75 Å². The number of hydrogen-bond acceptors (Lipinski definition) is 3. The molecule has 0 aliphatic carbocycles. The Kier molecular flexibility index (Phi) is 3.83. The molecule has 1 rings (SSSR count). The summed E-state index contributed by atoms with van der Waals surface area (Å²) in [7, 11) is 0. The molecule has 0 aromatic heterocycles. The maximum Gasteiger partial charge on any atom is 0.190 e. The predicted octanol–water partition coefficient (Wildman–Crippen LogP) is 2.72. The van der Waals surface area contributed by atoms with Gasteiger partial charge in [-0.3, -0.25) is 4.79 Å². The lowest BCUT2D eigenvalue weighted by molar-refractivity contribution is -0.109. The van der Waals surface area contributed by atoms with Gasteiger partial charge in [-0.05, 0) is 31.2 Å². The van der Waals surface area contributed by atoms with Gasteiger partial charge >= 0.3 is 0 Å². The van der Waals surface area contributed by atoms with Crippen molar-refractivity contribution in [2.24, 2.45) is 0 Å². The molecule has 13 heavy (non-hydrogen) atoms.